The molecule has 24 heavy (non-hydrogen) atoms. The van der Waals surface area contributed by atoms with Crippen molar-refractivity contribution in [3.8, 4) is 0 Å². The summed E-state index contributed by atoms with van der Waals surface area (Å²) in [5.74, 6) is 0. The number of unbranched alkanes of at least 4 members (excludes halogenated alkanes) is 4. The number of aryl methyl sites for hydroxylation is 1. The Morgan fingerprint density at radius 2 is 1.54 bits per heavy atom. The summed E-state index contributed by atoms with van der Waals surface area (Å²) in [6.07, 6.45) is 8.76. The standard InChI is InChI=1S/C19H33NO3S/c1-3-5-7-8-10-18-11-13-19(14-12-18)24(21,22)20-15-9-17-23-16-6-4-2/h11-14,20H,3-10,15-17H2,1-2H3. The minimum Gasteiger partial charge on any atom is -0.381 e. The Hall–Kier alpha value is -0.910. The van der Waals surface area contributed by atoms with Crippen molar-refractivity contribution in [2.45, 2.75) is 70.1 Å². The normalized spacial score (nSPS) is 11.8. The van der Waals surface area contributed by atoms with Crippen LogP contribution in [0.3, 0.4) is 0 Å². The highest BCUT2D eigenvalue weighted by Gasteiger charge is 2.12. The molecule has 0 spiro atoms. The smallest absolute Gasteiger partial charge is 0.240 e. The largest absolute Gasteiger partial charge is 0.381 e. The fourth-order valence-electron chi connectivity index (χ4n) is 2.40. The molecule has 0 aromatic heterocycles. The molecule has 0 fully saturated rings. The summed E-state index contributed by atoms with van der Waals surface area (Å²) in [5, 5.41) is 0. The molecule has 1 rings (SSSR count). The van der Waals surface area contributed by atoms with Crippen LogP contribution < -0.4 is 4.72 Å². The molecular weight excluding hydrogens is 322 g/mol. The molecule has 0 radical (unpaired) electrons. The van der Waals surface area contributed by atoms with Gasteiger partial charge in [0.15, 0.2) is 0 Å². The van der Waals surface area contributed by atoms with Gasteiger partial charge in [0.25, 0.3) is 0 Å². The number of rotatable bonds is 14. The number of sulfonamides is 1. The van der Waals surface area contributed by atoms with Crippen LogP contribution >= 0.6 is 0 Å². The maximum absolute atomic E-state index is 12.2. The lowest BCUT2D eigenvalue weighted by atomic mass is 10.1. The summed E-state index contributed by atoms with van der Waals surface area (Å²) in [4.78, 5) is 0.340. The summed E-state index contributed by atoms with van der Waals surface area (Å²) < 4.78 is 32.5. The van der Waals surface area contributed by atoms with E-state index in [0.717, 1.165) is 32.3 Å². The molecule has 0 saturated carbocycles. The van der Waals surface area contributed by atoms with E-state index >= 15 is 0 Å². The van der Waals surface area contributed by atoms with Crippen LogP contribution in [0.25, 0.3) is 0 Å². The first-order chi connectivity index (χ1) is 11.6. The Kier molecular flexibility index (Phi) is 11.0. The molecule has 0 unspecified atom stereocenters. The molecule has 0 aliphatic carbocycles. The van der Waals surface area contributed by atoms with Gasteiger partial charge in [-0.05, 0) is 43.4 Å². The number of ether oxygens (including phenoxy) is 1. The van der Waals surface area contributed by atoms with Crippen molar-refractivity contribution in [2.75, 3.05) is 19.8 Å². The van der Waals surface area contributed by atoms with Crippen molar-refractivity contribution in [2.24, 2.45) is 0 Å². The summed E-state index contributed by atoms with van der Waals surface area (Å²) in [6, 6.07) is 7.26. The van der Waals surface area contributed by atoms with Crippen molar-refractivity contribution in [3.63, 3.8) is 0 Å². The van der Waals surface area contributed by atoms with E-state index in [2.05, 4.69) is 18.6 Å². The van der Waals surface area contributed by atoms with Gasteiger partial charge in [-0.1, -0.05) is 51.7 Å². The summed E-state index contributed by atoms with van der Waals surface area (Å²) >= 11 is 0. The molecule has 0 atom stereocenters. The minimum absolute atomic E-state index is 0.340. The van der Waals surface area contributed by atoms with Crippen LogP contribution in [0.4, 0.5) is 0 Å². The van der Waals surface area contributed by atoms with Crippen LogP contribution in [-0.2, 0) is 21.2 Å². The molecule has 1 aromatic carbocycles. The Bertz CT molecular complexity index is 526. The van der Waals surface area contributed by atoms with Gasteiger partial charge in [-0.3, -0.25) is 0 Å². The van der Waals surface area contributed by atoms with Crippen LogP contribution in [0.2, 0.25) is 0 Å². The van der Waals surface area contributed by atoms with Gasteiger partial charge in [-0.15, -0.1) is 0 Å². The van der Waals surface area contributed by atoms with Crippen LogP contribution in [0.5, 0.6) is 0 Å². The van der Waals surface area contributed by atoms with E-state index in [-0.39, 0.29) is 0 Å². The number of hydrogen-bond donors (Lipinski definition) is 1. The fraction of sp³-hybridized carbons (Fsp3) is 0.684. The van der Waals surface area contributed by atoms with E-state index in [4.69, 9.17) is 4.74 Å². The van der Waals surface area contributed by atoms with Crippen LogP contribution in [0, 0.1) is 0 Å². The van der Waals surface area contributed by atoms with E-state index < -0.39 is 10.0 Å². The number of hydrogen-bond acceptors (Lipinski definition) is 3. The van der Waals surface area contributed by atoms with Gasteiger partial charge in [-0.2, -0.15) is 0 Å². The van der Waals surface area contributed by atoms with Gasteiger partial charge in [0.05, 0.1) is 4.90 Å². The van der Waals surface area contributed by atoms with E-state index in [1.54, 1.807) is 12.1 Å². The van der Waals surface area contributed by atoms with E-state index in [1.807, 2.05) is 12.1 Å². The third-order valence-electron chi connectivity index (χ3n) is 3.95. The lowest BCUT2D eigenvalue weighted by molar-refractivity contribution is 0.130. The molecule has 4 nitrogen and oxygen atoms in total. The Balaban J connectivity index is 2.33. The molecule has 0 amide bonds. The average Bonchev–Trinajstić information content (AvgIpc) is 2.58. The molecule has 0 aliphatic heterocycles. The molecule has 138 valence electrons. The van der Waals surface area contributed by atoms with E-state index in [1.165, 1.54) is 24.8 Å². The molecule has 0 heterocycles. The predicted octanol–water partition coefficient (Wildman–Crippen LogP) is 4.29. The number of nitrogens with one attached hydrogen (secondary N) is 1. The zero-order valence-electron chi connectivity index (χ0n) is 15.2. The lowest BCUT2D eigenvalue weighted by Gasteiger charge is -2.08. The maximum atomic E-state index is 12.2. The van der Waals surface area contributed by atoms with Crippen molar-refractivity contribution in [3.05, 3.63) is 29.8 Å². The van der Waals surface area contributed by atoms with Gasteiger partial charge in [0.2, 0.25) is 10.0 Å². The highest BCUT2D eigenvalue weighted by molar-refractivity contribution is 7.89. The first kappa shape index (κ1) is 21.1. The monoisotopic (exact) mass is 355 g/mol. The SMILES string of the molecule is CCCCCCc1ccc(S(=O)(=O)NCCCOCCCC)cc1. The van der Waals surface area contributed by atoms with Gasteiger partial charge in [-0.25, -0.2) is 13.1 Å². The Morgan fingerprint density at radius 1 is 0.875 bits per heavy atom. The lowest BCUT2D eigenvalue weighted by Crippen LogP contribution is -2.25. The van der Waals surface area contributed by atoms with Crippen molar-refractivity contribution in [1.82, 2.24) is 4.72 Å². The maximum Gasteiger partial charge on any atom is 0.240 e. The summed E-state index contributed by atoms with van der Waals surface area (Å²) in [7, 11) is -3.41. The molecule has 5 heteroatoms. The van der Waals surface area contributed by atoms with Crippen molar-refractivity contribution in [1.29, 1.82) is 0 Å². The van der Waals surface area contributed by atoms with Crippen molar-refractivity contribution < 1.29 is 13.2 Å². The van der Waals surface area contributed by atoms with Gasteiger partial charge in [0.1, 0.15) is 0 Å². The molecule has 1 aromatic rings. The van der Waals surface area contributed by atoms with Gasteiger partial charge >= 0.3 is 0 Å². The molecule has 0 aliphatic rings. The first-order valence-corrected chi connectivity index (χ1v) is 10.7. The van der Waals surface area contributed by atoms with Gasteiger partial charge < -0.3 is 4.74 Å². The molecule has 0 bridgehead atoms. The summed E-state index contributed by atoms with van der Waals surface area (Å²) in [6.45, 7) is 6.08. The zero-order chi connectivity index (χ0) is 17.7. The molecule has 0 saturated heterocycles. The number of benzene rings is 1. The second kappa shape index (κ2) is 12.5. The highest BCUT2D eigenvalue weighted by atomic mass is 32.2. The minimum atomic E-state index is -3.41. The van der Waals surface area contributed by atoms with Crippen LogP contribution in [0.1, 0.15) is 64.4 Å². The van der Waals surface area contributed by atoms with E-state index in [0.29, 0.717) is 24.5 Å². The second-order valence-corrected chi connectivity index (χ2v) is 7.94. The zero-order valence-corrected chi connectivity index (χ0v) is 16.0. The molecular formula is C19H33NO3S. The molecule has 1 N–H and O–H groups in total. The van der Waals surface area contributed by atoms with Crippen molar-refractivity contribution >= 4 is 10.0 Å². The quantitative estimate of drug-likeness (QED) is 0.506. The van der Waals surface area contributed by atoms with Crippen LogP contribution in [0.15, 0.2) is 29.2 Å². The summed E-state index contributed by atoms with van der Waals surface area (Å²) in [5.41, 5.74) is 1.20. The topological polar surface area (TPSA) is 55.4 Å². The third-order valence-corrected chi connectivity index (χ3v) is 5.43. The highest BCUT2D eigenvalue weighted by Crippen LogP contribution is 2.13. The second-order valence-electron chi connectivity index (χ2n) is 6.17. The average molecular weight is 356 g/mol. The third kappa shape index (κ3) is 8.81. The fourth-order valence-corrected chi connectivity index (χ4v) is 3.48. The Morgan fingerprint density at radius 3 is 2.21 bits per heavy atom. The van der Waals surface area contributed by atoms with Crippen LogP contribution in [-0.4, -0.2) is 28.2 Å². The Labute approximate surface area is 148 Å². The van der Waals surface area contributed by atoms with Gasteiger partial charge in [0, 0.05) is 19.8 Å². The predicted molar refractivity (Wildman–Crippen MR) is 99.8 cm³/mol. The first-order valence-electron chi connectivity index (χ1n) is 9.26. The van der Waals surface area contributed by atoms with E-state index in [9.17, 15) is 8.42 Å².